The van der Waals surface area contributed by atoms with Gasteiger partial charge >= 0.3 is 39.5 Å². The number of carbonyl (C=O) groups is 4. The Morgan fingerprint density at radius 1 is 0.278 bits per heavy atom. The third kappa shape index (κ3) is 72.2. The predicted octanol–water partition coefficient (Wildman–Crippen LogP) is 23.3. The van der Waals surface area contributed by atoms with Crippen molar-refractivity contribution in [2.45, 2.75) is 432 Å². The van der Waals surface area contributed by atoms with Crippen LogP contribution in [-0.4, -0.2) is 96.7 Å². The van der Waals surface area contributed by atoms with E-state index in [1.165, 1.54) is 238 Å². The molecule has 0 rings (SSSR count). The van der Waals surface area contributed by atoms with E-state index >= 15 is 0 Å². The van der Waals surface area contributed by atoms with E-state index in [1.54, 1.807) is 0 Å². The van der Waals surface area contributed by atoms with Crippen molar-refractivity contribution >= 4 is 39.5 Å². The fraction of sp³-hybridized carbons (Fsp3) is 0.949. The fourth-order valence-electron chi connectivity index (χ4n) is 12.1. The van der Waals surface area contributed by atoms with Gasteiger partial charge in [0.1, 0.15) is 19.3 Å². The van der Waals surface area contributed by atoms with E-state index in [9.17, 15) is 43.2 Å². The number of ether oxygens (including phenoxy) is 4. The van der Waals surface area contributed by atoms with Gasteiger partial charge in [-0.05, 0) is 31.6 Å². The molecule has 0 amide bonds. The van der Waals surface area contributed by atoms with Crippen LogP contribution in [-0.2, 0) is 65.4 Å². The minimum absolute atomic E-state index is 0.106. The smallest absolute Gasteiger partial charge is 0.462 e. The minimum atomic E-state index is -4.96. The van der Waals surface area contributed by atoms with Gasteiger partial charge in [0.05, 0.1) is 26.4 Å². The molecule has 0 spiro atoms. The maximum absolute atomic E-state index is 13.1. The molecule has 0 radical (unpaired) electrons. The second-order valence-corrected chi connectivity index (χ2v) is 31.5. The van der Waals surface area contributed by atoms with Crippen LogP contribution in [0.15, 0.2) is 0 Å². The standard InChI is InChI=1S/C78H152O17P2/c1-6-9-12-15-18-21-24-26-27-28-29-30-31-32-33-35-38-43-48-53-58-63-77(82)94-73(67-89-76(81)62-57-52-47-42-37-34-25-22-19-16-13-10-7-2)69-92-96(84,85)90-65-72(79)66-91-97(86,87)93-70-74(68-88-75(80)61-56-51-46-41-36-23-20-17-14-11-8-3)95-78(83)64-59-54-49-44-39-40-45-50-55-60-71(4)5/h71-74,79H,6-70H2,1-5H3,(H,84,85)(H,86,87)/t72-,73-,74-/m1/s1. The van der Waals surface area contributed by atoms with Gasteiger partial charge in [-0.15, -0.1) is 0 Å². The minimum Gasteiger partial charge on any atom is -0.462 e. The highest BCUT2D eigenvalue weighted by molar-refractivity contribution is 7.47. The molecule has 3 N–H and O–H groups in total. The maximum atomic E-state index is 13.1. The number of aliphatic hydroxyl groups is 1. The average molecular weight is 1420 g/mol. The van der Waals surface area contributed by atoms with E-state index in [0.717, 1.165) is 95.8 Å². The molecule has 0 bridgehead atoms. The third-order valence-electron chi connectivity index (χ3n) is 18.3. The number of unbranched alkanes of at least 4 members (excludes halogenated alkanes) is 50. The van der Waals surface area contributed by atoms with Gasteiger partial charge in [-0.2, -0.15) is 0 Å². The van der Waals surface area contributed by atoms with Crippen LogP contribution in [0.25, 0.3) is 0 Å². The summed E-state index contributed by atoms with van der Waals surface area (Å²) in [7, 11) is -9.91. The van der Waals surface area contributed by atoms with Crippen molar-refractivity contribution in [3.05, 3.63) is 0 Å². The molecule has 0 heterocycles. The Labute approximate surface area is 594 Å². The molecule has 17 nitrogen and oxygen atoms in total. The normalized spacial score (nSPS) is 13.9. The van der Waals surface area contributed by atoms with Gasteiger partial charge in [-0.1, -0.05) is 362 Å². The topological polar surface area (TPSA) is 237 Å². The van der Waals surface area contributed by atoms with Crippen LogP contribution in [0.4, 0.5) is 0 Å². The molecule has 0 aliphatic carbocycles. The lowest BCUT2D eigenvalue weighted by atomic mass is 10.0. The number of hydrogen-bond donors (Lipinski definition) is 3. The summed E-state index contributed by atoms with van der Waals surface area (Å²) in [6.45, 7) is 7.28. The maximum Gasteiger partial charge on any atom is 0.472 e. The highest BCUT2D eigenvalue weighted by Gasteiger charge is 2.30. The Morgan fingerprint density at radius 3 is 0.701 bits per heavy atom. The monoisotopic (exact) mass is 1420 g/mol. The van der Waals surface area contributed by atoms with Crippen molar-refractivity contribution in [3.63, 3.8) is 0 Å². The third-order valence-corrected chi connectivity index (χ3v) is 20.2. The Balaban J connectivity index is 5.20. The first kappa shape index (κ1) is 95.1. The van der Waals surface area contributed by atoms with Crippen molar-refractivity contribution in [2.75, 3.05) is 39.6 Å². The van der Waals surface area contributed by atoms with Crippen molar-refractivity contribution in [2.24, 2.45) is 5.92 Å². The van der Waals surface area contributed by atoms with Gasteiger partial charge in [0.25, 0.3) is 0 Å². The second-order valence-electron chi connectivity index (χ2n) is 28.6. The zero-order valence-electron chi connectivity index (χ0n) is 63.2. The molecule has 0 aromatic heterocycles. The van der Waals surface area contributed by atoms with Gasteiger partial charge in [-0.25, -0.2) is 9.13 Å². The van der Waals surface area contributed by atoms with Gasteiger partial charge < -0.3 is 33.8 Å². The quantitative estimate of drug-likeness (QED) is 0.0222. The lowest BCUT2D eigenvalue weighted by Gasteiger charge is -2.21. The van der Waals surface area contributed by atoms with Crippen LogP contribution in [0.2, 0.25) is 0 Å². The molecule has 0 fully saturated rings. The summed E-state index contributed by atoms with van der Waals surface area (Å²) in [5.74, 6) is -1.37. The summed E-state index contributed by atoms with van der Waals surface area (Å²) in [6, 6.07) is 0. The number of carbonyl (C=O) groups excluding carboxylic acids is 4. The molecule has 97 heavy (non-hydrogen) atoms. The van der Waals surface area contributed by atoms with E-state index in [0.29, 0.717) is 25.7 Å². The van der Waals surface area contributed by atoms with E-state index in [2.05, 4.69) is 34.6 Å². The van der Waals surface area contributed by atoms with Crippen LogP contribution in [0.3, 0.4) is 0 Å². The average Bonchev–Trinajstić information content (AvgIpc) is 1.16. The molecule has 5 atom stereocenters. The molecule has 0 aromatic carbocycles. The Bertz CT molecular complexity index is 1860. The lowest BCUT2D eigenvalue weighted by Crippen LogP contribution is -2.30. The molecule has 19 heteroatoms. The number of esters is 4. The Kier molecular flexibility index (Phi) is 69.6. The van der Waals surface area contributed by atoms with Crippen LogP contribution in [0, 0.1) is 5.92 Å². The number of phosphoric ester groups is 2. The van der Waals surface area contributed by atoms with E-state index in [4.69, 9.17) is 37.0 Å². The van der Waals surface area contributed by atoms with E-state index < -0.39 is 97.5 Å². The molecule has 0 aliphatic heterocycles. The van der Waals surface area contributed by atoms with E-state index in [1.807, 2.05) is 0 Å². The first-order valence-electron chi connectivity index (χ1n) is 40.6. The molecule has 0 aromatic rings. The highest BCUT2D eigenvalue weighted by atomic mass is 31.2. The molecule has 2 unspecified atom stereocenters. The van der Waals surface area contributed by atoms with Gasteiger partial charge in [0.2, 0.25) is 0 Å². The number of hydrogen-bond acceptors (Lipinski definition) is 15. The molecule has 0 aliphatic rings. The van der Waals surface area contributed by atoms with Crippen LogP contribution >= 0.6 is 15.6 Å². The Hall–Kier alpha value is -1.94. The summed E-state index contributed by atoms with van der Waals surface area (Å²) in [4.78, 5) is 72.9. The van der Waals surface area contributed by atoms with Gasteiger partial charge in [0.15, 0.2) is 12.2 Å². The largest absolute Gasteiger partial charge is 0.472 e. The summed E-state index contributed by atoms with van der Waals surface area (Å²) in [5.41, 5.74) is 0. The zero-order valence-corrected chi connectivity index (χ0v) is 65.0. The summed E-state index contributed by atoms with van der Waals surface area (Å²) in [5, 5.41) is 10.6. The van der Waals surface area contributed by atoms with Gasteiger partial charge in [-0.3, -0.25) is 37.3 Å². The lowest BCUT2D eigenvalue weighted by molar-refractivity contribution is -0.161. The first-order chi connectivity index (χ1) is 47.0. The van der Waals surface area contributed by atoms with E-state index in [-0.39, 0.29) is 25.7 Å². The number of aliphatic hydroxyl groups excluding tert-OH is 1. The zero-order chi connectivity index (χ0) is 71.2. The van der Waals surface area contributed by atoms with Gasteiger partial charge in [0, 0.05) is 25.7 Å². The summed E-state index contributed by atoms with van der Waals surface area (Å²) < 4.78 is 68.6. The van der Waals surface area contributed by atoms with Crippen LogP contribution in [0.5, 0.6) is 0 Å². The van der Waals surface area contributed by atoms with Crippen molar-refractivity contribution in [1.29, 1.82) is 0 Å². The van der Waals surface area contributed by atoms with Crippen LogP contribution < -0.4 is 0 Å². The molecular weight excluding hydrogens is 1270 g/mol. The van der Waals surface area contributed by atoms with Crippen molar-refractivity contribution in [1.82, 2.24) is 0 Å². The van der Waals surface area contributed by atoms with Crippen LogP contribution in [0.1, 0.15) is 413 Å². The Morgan fingerprint density at radius 2 is 0.474 bits per heavy atom. The molecule has 0 saturated carbocycles. The first-order valence-corrected chi connectivity index (χ1v) is 43.6. The summed E-state index contributed by atoms with van der Waals surface area (Å²) >= 11 is 0. The second kappa shape index (κ2) is 71.1. The number of phosphoric acid groups is 2. The highest BCUT2D eigenvalue weighted by Crippen LogP contribution is 2.45. The molecule has 0 saturated heterocycles. The van der Waals surface area contributed by atoms with Crippen molar-refractivity contribution < 1.29 is 80.2 Å². The summed E-state index contributed by atoms with van der Waals surface area (Å²) in [6.07, 6.45) is 61.1. The molecular formula is C78H152O17P2. The molecule has 576 valence electrons. The predicted molar refractivity (Wildman–Crippen MR) is 395 cm³/mol. The van der Waals surface area contributed by atoms with Crippen molar-refractivity contribution in [3.8, 4) is 0 Å². The SMILES string of the molecule is CCCCCCCCCCCCCCCCCCCCCCCC(=O)O[C@H](COC(=O)CCCCCCCCCCCCCCC)COP(=O)(O)OC[C@@H](O)COP(=O)(O)OC[C@@H](COC(=O)CCCCCCCCCCCCC)OC(=O)CCCCCCCCCCCC(C)C. The fourth-order valence-corrected chi connectivity index (χ4v) is 13.6. The number of rotatable bonds is 78.